The number of nitrogens with two attached hydrogens (primary N) is 3. The predicted molar refractivity (Wildman–Crippen MR) is 75.7 cm³/mol. The summed E-state index contributed by atoms with van der Waals surface area (Å²) in [7, 11) is 1.87. The maximum absolute atomic E-state index is 5.59. The fourth-order valence-electron chi connectivity index (χ4n) is 1.68. The van der Waals surface area contributed by atoms with Gasteiger partial charge in [0, 0.05) is 18.8 Å². The van der Waals surface area contributed by atoms with Crippen molar-refractivity contribution in [2.75, 3.05) is 0 Å². The average Bonchev–Trinajstić information content (AvgIpc) is 2.74. The Labute approximate surface area is 110 Å². The zero-order valence-corrected chi connectivity index (χ0v) is 10.5. The van der Waals surface area contributed by atoms with Gasteiger partial charge in [0.15, 0.2) is 5.96 Å². The van der Waals surface area contributed by atoms with Gasteiger partial charge < -0.3 is 17.2 Å². The number of rotatable bonds is 2. The van der Waals surface area contributed by atoms with E-state index in [4.69, 9.17) is 17.2 Å². The Hall–Kier alpha value is -2.83. The number of aliphatic imine (C=N–C) groups is 2. The molecule has 0 aliphatic rings. The van der Waals surface area contributed by atoms with Crippen molar-refractivity contribution in [3.05, 3.63) is 36.5 Å². The fraction of sp³-hybridized carbons (Fsp3) is 0.0833. The van der Waals surface area contributed by atoms with Gasteiger partial charge in [-0.15, -0.1) is 0 Å². The van der Waals surface area contributed by atoms with Gasteiger partial charge in [0.05, 0.1) is 11.4 Å². The van der Waals surface area contributed by atoms with Crippen molar-refractivity contribution < 1.29 is 0 Å². The Morgan fingerprint density at radius 3 is 2.63 bits per heavy atom. The van der Waals surface area contributed by atoms with Gasteiger partial charge in [-0.3, -0.25) is 4.68 Å². The molecule has 6 N–H and O–H groups in total. The molecule has 0 saturated carbocycles. The topological polar surface area (TPSA) is 121 Å². The molecule has 0 bridgehead atoms. The molecular formula is C12H15N7. The Bertz CT molecular complexity index is 635. The van der Waals surface area contributed by atoms with Crippen molar-refractivity contribution >= 4 is 17.6 Å². The lowest BCUT2D eigenvalue weighted by atomic mass is 10.1. The molecule has 0 amide bonds. The highest BCUT2D eigenvalue weighted by Gasteiger charge is 2.03. The number of benzene rings is 1. The van der Waals surface area contributed by atoms with Crippen LogP contribution >= 0.6 is 0 Å². The standard InChI is InChI=1S/C12H15N7/c1-19-10(5-6-16-19)8-3-2-4-9(7-8)17-12(15)18-11(13)14/h2-7H,1H3,(H6,13,14,15,17,18). The zero-order chi connectivity index (χ0) is 13.8. The van der Waals surface area contributed by atoms with Crippen LogP contribution in [0, 0.1) is 0 Å². The second-order valence-electron chi connectivity index (χ2n) is 3.90. The van der Waals surface area contributed by atoms with Crippen LogP contribution < -0.4 is 17.2 Å². The second-order valence-corrected chi connectivity index (χ2v) is 3.90. The molecule has 1 aromatic heterocycles. The van der Waals surface area contributed by atoms with Crippen molar-refractivity contribution in [1.29, 1.82) is 0 Å². The third kappa shape index (κ3) is 3.09. The van der Waals surface area contributed by atoms with E-state index in [2.05, 4.69) is 15.1 Å². The van der Waals surface area contributed by atoms with Crippen LogP contribution in [-0.2, 0) is 7.05 Å². The van der Waals surface area contributed by atoms with E-state index in [1.807, 2.05) is 37.4 Å². The highest BCUT2D eigenvalue weighted by Crippen LogP contribution is 2.23. The molecule has 0 fully saturated rings. The van der Waals surface area contributed by atoms with Gasteiger partial charge in [-0.05, 0) is 18.2 Å². The van der Waals surface area contributed by atoms with E-state index in [1.165, 1.54) is 0 Å². The summed E-state index contributed by atoms with van der Waals surface area (Å²) in [5, 5.41) is 4.12. The van der Waals surface area contributed by atoms with Crippen molar-refractivity contribution in [3.63, 3.8) is 0 Å². The molecule has 0 unspecified atom stereocenters. The molecular weight excluding hydrogens is 242 g/mol. The summed E-state index contributed by atoms with van der Waals surface area (Å²) in [6, 6.07) is 9.46. The molecule has 98 valence electrons. The van der Waals surface area contributed by atoms with Gasteiger partial charge in [0.1, 0.15) is 0 Å². The SMILES string of the molecule is Cn1nccc1-c1cccc(N=C(N)N=C(N)N)c1. The first-order valence-corrected chi connectivity index (χ1v) is 5.58. The summed E-state index contributed by atoms with van der Waals surface area (Å²) in [4.78, 5) is 7.78. The molecule has 0 atom stereocenters. The van der Waals surface area contributed by atoms with E-state index < -0.39 is 0 Å². The summed E-state index contributed by atoms with van der Waals surface area (Å²) in [6.07, 6.45) is 1.74. The number of aryl methyl sites for hydroxylation is 1. The molecule has 19 heavy (non-hydrogen) atoms. The van der Waals surface area contributed by atoms with E-state index in [1.54, 1.807) is 10.9 Å². The third-order valence-corrected chi connectivity index (χ3v) is 2.45. The molecule has 0 radical (unpaired) electrons. The van der Waals surface area contributed by atoms with Crippen LogP contribution in [-0.4, -0.2) is 21.7 Å². The highest BCUT2D eigenvalue weighted by molar-refractivity contribution is 5.93. The van der Waals surface area contributed by atoms with Crippen molar-refractivity contribution in [2.45, 2.75) is 0 Å². The maximum Gasteiger partial charge on any atom is 0.223 e. The number of guanidine groups is 2. The first-order valence-electron chi connectivity index (χ1n) is 5.58. The van der Waals surface area contributed by atoms with E-state index in [0.29, 0.717) is 5.69 Å². The van der Waals surface area contributed by atoms with Crippen LogP contribution in [0.15, 0.2) is 46.5 Å². The zero-order valence-electron chi connectivity index (χ0n) is 10.5. The first kappa shape index (κ1) is 12.6. The summed E-state index contributed by atoms with van der Waals surface area (Å²) >= 11 is 0. The maximum atomic E-state index is 5.59. The fourth-order valence-corrected chi connectivity index (χ4v) is 1.68. The van der Waals surface area contributed by atoms with Crippen molar-refractivity contribution in [1.82, 2.24) is 9.78 Å². The van der Waals surface area contributed by atoms with E-state index in [-0.39, 0.29) is 11.9 Å². The molecule has 1 heterocycles. The van der Waals surface area contributed by atoms with Crippen LogP contribution in [0.4, 0.5) is 5.69 Å². The van der Waals surface area contributed by atoms with Crippen LogP contribution in [0.1, 0.15) is 0 Å². The molecule has 2 rings (SSSR count). The Kier molecular flexibility index (Phi) is 3.46. The van der Waals surface area contributed by atoms with Gasteiger partial charge in [-0.1, -0.05) is 12.1 Å². The largest absolute Gasteiger partial charge is 0.370 e. The number of hydrogen-bond donors (Lipinski definition) is 3. The monoisotopic (exact) mass is 257 g/mol. The lowest BCUT2D eigenvalue weighted by Gasteiger charge is -2.03. The minimum atomic E-state index is -0.121. The van der Waals surface area contributed by atoms with Gasteiger partial charge in [-0.25, -0.2) is 4.99 Å². The smallest absolute Gasteiger partial charge is 0.223 e. The van der Waals surface area contributed by atoms with Gasteiger partial charge in [0.25, 0.3) is 0 Å². The normalized spacial score (nSPS) is 11.3. The molecule has 7 nitrogen and oxygen atoms in total. The molecule has 0 saturated heterocycles. The minimum Gasteiger partial charge on any atom is -0.370 e. The number of hydrogen-bond acceptors (Lipinski definition) is 2. The van der Waals surface area contributed by atoms with Crippen LogP contribution in [0.2, 0.25) is 0 Å². The summed E-state index contributed by atoms with van der Waals surface area (Å²) in [5.74, 6) is -0.105. The van der Waals surface area contributed by atoms with E-state index in [9.17, 15) is 0 Å². The summed E-state index contributed by atoms with van der Waals surface area (Å²) < 4.78 is 1.78. The molecule has 0 aliphatic heterocycles. The minimum absolute atomic E-state index is 0.0159. The van der Waals surface area contributed by atoms with Gasteiger partial charge in [0.2, 0.25) is 5.96 Å². The van der Waals surface area contributed by atoms with Crippen LogP contribution in [0.25, 0.3) is 11.3 Å². The quantitative estimate of drug-likeness (QED) is 0.529. The molecule has 0 spiro atoms. The lowest BCUT2D eigenvalue weighted by molar-refractivity contribution is 0.776. The average molecular weight is 257 g/mol. The lowest BCUT2D eigenvalue weighted by Crippen LogP contribution is -2.26. The van der Waals surface area contributed by atoms with Crippen molar-refractivity contribution in [2.24, 2.45) is 34.2 Å². The number of aromatic nitrogens is 2. The molecule has 2 aromatic rings. The summed E-state index contributed by atoms with van der Waals surface area (Å²) in [5.41, 5.74) is 18.7. The Balaban J connectivity index is 2.36. The second kappa shape index (κ2) is 5.21. The van der Waals surface area contributed by atoms with Crippen molar-refractivity contribution in [3.8, 4) is 11.3 Å². The van der Waals surface area contributed by atoms with Crippen LogP contribution in [0.3, 0.4) is 0 Å². The molecule has 7 heteroatoms. The number of nitrogens with zero attached hydrogens (tertiary/aromatic N) is 4. The Morgan fingerprint density at radius 1 is 1.21 bits per heavy atom. The predicted octanol–water partition coefficient (Wildman–Crippen LogP) is 0.307. The third-order valence-electron chi connectivity index (χ3n) is 2.45. The van der Waals surface area contributed by atoms with Gasteiger partial charge in [-0.2, -0.15) is 10.1 Å². The molecule has 0 aliphatic carbocycles. The summed E-state index contributed by atoms with van der Waals surface area (Å²) in [6.45, 7) is 0. The highest BCUT2D eigenvalue weighted by atomic mass is 15.3. The Morgan fingerprint density at radius 2 is 2.00 bits per heavy atom. The van der Waals surface area contributed by atoms with Gasteiger partial charge >= 0.3 is 0 Å². The van der Waals surface area contributed by atoms with E-state index in [0.717, 1.165) is 11.3 Å². The van der Waals surface area contributed by atoms with Crippen LogP contribution in [0.5, 0.6) is 0 Å². The molecule has 1 aromatic carbocycles. The first-order chi connectivity index (χ1) is 9.06. The van der Waals surface area contributed by atoms with E-state index >= 15 is 0 Å².